The molecular formula is C12H15N3O4S2. The average molecular weight is 329 g/mol. The van der Waals surface area contributed by atoms with Gasteiger partial charge in [-0.1, -0.05) is 24.0 Å². The molecule has 0 saturated carbocycles. The van der Waals surface area contributed by atoms with Crippen molar-refractivity contribution in [1.82, 2.24) is 4.90 Å². The molecule has 0 aliphatic carbocycles. The van der Waals surface area contributed by atoms with Crippen LogP contribution in [0.25, 0.3) is 0 Å². The standard InChI is InChI=1S/C12H15N3O4S2/c1-14(2)12(20)21-7-11(16)13-9-5-4-8(15(17)18)6-10(9)19-3/h4-6H,7H2,1-3H3,(H,13,16). The third kappa shape index (κ3) is 5.20. The van der Waals surface area contributed by atoms with E-state index in [0.717, 1.165) is 0 Å². The molecule has 9 heteroatoms. The number of carbonyl (C=O) groups excluding carboxylic acids is 1. The van der Waals surface area contributed by atoms with Gasteiger partial charge in [-0.25, -0.2) is 0 Å². The second-order valence-corrected chi connectivity index (χ2v) is 5.75. The monoisotopic (exact) mass is 329 g/mol. The van der Waals surface area contributed by atoms with Crippen molar-refractivity contribution in [2.75, 3.05) is 32.3 Å². The van der Waals surface area contributed by atoms with Gasteiger partial charge in [-0.05, 0) is 6.07 Å². The van der Waals surface area contributed by atoms with E-state index in [0.29, 0.717) is 10.0 Å². The summed E-state index contributed by atoms with van der Waals surface area (Å²) >= 11 is 6.29. The first-order valence-electron chi connectivity index (χ1n) is 5.81. The highest BCUT2D eigenvalue weighted by atomic mass is 32.2. The van der Waals surface area contributed by atoms with Gasteiger partial charge in [0.15, 0.2) is 0 Å². The van der Waals surface area contributed by atoms with Gasteiger partial charge in [0.05, 0.1) is 29.5 Å². The van der Waals surface area contributed by atoms with Gasteiger partial charge in [0, 0.05) is 20.2 Å². The number of nitrogens with one attached hydrogen (secondary N) is 1. The molecule has 1 aromatic rings. The fourth-order valence-corrected chi connectivity index (χ4v) is 2.10. The number of hydrogen-bond donors (Lipinski definition) is 1. The summed E-state index contributed by atoms with van der Waals surface area (Å²) in [5.41, 5.74) is 0.275. The number of non-ortho nitro benzene ring substituents is 1. The van der Waals surface area contributed by atoms with Gasteiger partial charge in [-0.3, -0.25) is 14.9 Å². The molecule has 1 N–H and O–H groups in total. The second-order valence-electron chi connectivity index (χ2n) is 4.14. The van der Waals surface area contributed by atoms with E-state index in [1.165, 1.54) is 37.1 Å². The van der Waals surface area contributed by atoms with Crippen molar-refractivity contribution < 1.29 is 14.5 Å². The van der Waals surface area contributed by atoms with E-state index in [1.807, 2.05) is 0 Å². The van der Waals surface area contributed by atoms with E-state index in [-0.39, 0.29) is 23.1 Å². The molecule has 7 nitrogen and oxygen atoms in total. The predicted octanol–water partition coefficient (Wildman–Crippen LogP) is 2.12. The lowest BCUT2D eigenvalue weighted by Crippen LogP contribution is -2.21. The highest BCUT2D eigenvalue weighted by molar-refractivity contribution is 8.23. The third-order valence-electron chi connectivity index (χ3n) is 2.36. The largest absolute Gasteiger partial charge is 0.494 e. The molecule has 1 aromatic carbocycles. The Morgan fingerprint density at radius 1 is 1.52 bits per heavy atom. The maximum Gasteiger partial charge on any atom is 0.273 e. The van der Waals surface area contributed by atoms with Crippen LogP contribution in [-0.2, 0) is 4.79 Å². The molecule has 0 atom stereocenters. The SMILES string of the molecule is COc1cc([N+](=O)[O-])ccc1NC(=O)CSC(=S)N(C)C. The van der Waals surface area contributed by atoms with Crippen LogP contribution in [0.3, 0.4) is 0 Å². The number of benzene rings is 1. The summed E-state index contributed by atoms with van der Waals surface area (Å²) in [5.74, 6) is 0.117. The Morgan fingerprint density at radius 3 is 2.71 bits per heavy atom. The van der Waals surface area contributed by atoms with E-state index in [4.69, 9.17) is 17.0 Å². The number of carbonyl (C=O) groups is 1. The van der Waals surface area contributed by atoms with Crippen LogP contribution in [-0.4, -0.2) is 47.0 Å². The molecular weight excluding hydrogens is 314 g/mol. The quantitative estimate of drug-likeness (QED) is 0.503. The molecule has 0 spiro atoms. The van der Waals surface area contributed by atoms with Crippen LogP contribution in [0.4, 0.5) is 11.4 Å². The summed E-state index contributed by atoms with van der Waals surface area (Å²) in [5, 5.41) is 13.3. The zero-order chi connectivity index (χ0) is 16.0. The zero-order valence-corrected chi connectivity index (χ0v) is 13.4. The number of amides is 1. The highest BCUT2D eigenvalue weighted by Crippen LogP contribution is 2.29. The predicted molar refractivity (Wildman–Crippen MR) is 87.0 cm³/mol. The molecule has 21 heavy (non-hydrogen) atoms. The van der Waals surface area contributed by atoms with Gasteiger partial charge in [-0.15, -0.1) is 0 Å². The van der Waals surface area contributed by atoms with Crippen LogP contribution in [0.2, 0.25) is 0 Å². The van der Waals surface area contributed by atoms with Crippen molar-refractivity contribution >= 4 is 45.6 Å². The topological polar surface area (TPSA) is 84.7 Å². The fraction of sp³-hybridized carbons (Fsp3) is 0.333. The number of rotatable bonds is 5. The van der Waals surface area contributed by atoms with E-state index in [1.54, 1.807) is 19.0 Å². The average Bonchev–Trinajstić information content (AvgIpc) is 2.44. The zero-order valence-electron chi connectivity index (χ0n) is 11.8. The lowest BCUT2D eigenvalue weighted by Gasteiger charge is -2.13. The first-order valence-corrected chi connectivity index (χ1v) is 7.21. The van der Waals surface area contributed by atoms with Crippen LogP contribution >= 0.6 is 24.0 Å². The maximum atomic E-state index is 11.8. The van der Waals surface area contributed by atoms with Gasteiger partial charge >= 0.3 is 0 Å². The molecule has 0 fully saturated rings. The number of nitrogens with zero attached hydrogens (tertiary/aromatic N) is 2. The minimum absolute atomic E-state index is 0.104. The third-order valence-corrected chi connectivity index (χ3v) is 4.10. The molecule has 0 aromatic heterocycles. The Morgan fingerprint density at radius 2 is 2.19 bits per heavy atom. The van der Waals surface area contributed by atoms with Gasteiger partial charge in [0.1, 0.15) is 10.1 Å². The summed E-state index contributed by atoms with van der Waals surface area (Å²) in [6.07, 6.45) is 0. The van der Waals surface area contributed by atoms with Crippen molar-refractivity contribution in [3.05, 3.63) is 28.3 Å². The molecule has 114 valence electrons. The summed E-state index contributed by atoms with van der Waals surface area (Å²) in [6.45, 7) is 0. The smallest absolute Gasteiger partial charge is 0.273 e. The molecule has 0 aliphatic heterocycles. The second kappa shape index (κ2) is 7.79. The molecule has 0 aliphatic rings. The Hall–Kier alpha value is -1.87. The van der Waals surface area contributed by atoms with Crippen LogP contribution in [0.15, 0.2) is 18.2 Å². The Labute approximate surface area is 131 Å². The molecule has 0 unspecified atom stereocenters. The number of methoxy groups -OCH3 is 1. The van der Waals surface area contributed by atoms with Gasteiger partial charge in [0.25, 0.3) is 5.69 Å². The molecule has 0 saturated heterocycles. The summed E-state index contributed by atoms with van der Waals surface area (Å²) in [7, 11) is 4.98. The van der Waals surface area contributed by atoms with E-state index in [2.05, 4.69) is 5.32 Å². The minimum Gasteiger partial charge on any atom is -0.494 e. The summed E-state index contributed by atoms with van der Waals surface area (Å²) < 4.78 is 5.64. The molecule has 0 radical (unpaired) electrons. The van der Waals surface area contributed by atoms with Crippen molar-refractivity contribution in [1.29, 1.82) is 0 Å². The van der Waals surface area contributed by atoms with Crippen LogP contribution in [0.5, 0.6) is 5.75 Å². The minimum atomic E-state index is -0.528. The fourth-order valence-electron chi connectivity index (χ4n) is 1.34. The summed E-state index contributed by atoms with van der Waals surface area (Å²) in [4.78, 5) is 23.7. The number of nitro groups is 1. The van der Waals surface area contributed by atoms with Gasteiger partial charge < -0.3 is 15.0 Å². The van der Waals surface area contributed by atoms with Crippen LogP contribution in [0, 0.1) is 10.1 Å². The number of hydrogen-bond acceptors (Lipinski definition) is 6. The van der Waals surface area contributed by atoms with Crippen molar-refractivity contribution in [3.63, 3.8) is 0 Å². The normalized spacial score (nSPS) is 9.86. The van der Waals surface area contributed by atoms with Crippen molar-refractivity contribution in [2.24, 2.45) is 0 Å². The van der Waals surface area contributed by atoms with Gasteiger partial charge in [0.2, 0.25) is 5.91 Å². The molecule has 1 rings (SSSR count). The number of nitro benzene ring substituents is 1. The maximum absolute atomic E-state index is 11.8. The van der Waals surface area contributed by atoms with Crippen LogP contribution < -0.4 is 10.1 Å². The Bertz CT molecular complexity index is 563. The number of ether oxygens (including phenoxy) is 1. The van der Waals surface area contributed by atoms with Crippen LogP contribution in [0.1, 0.15) is 0 Å². The molecule has 0 bridgehead atoms. The van der Waals surface area contributed by atoms with Crippen molar-refractivity contribution in [3.8, 4) is 5.75 Å². The lowest BCUT2D eigenvalue weighted by atomic mass is 10.2. The first-order chi connectivity index (χ1) is 9.85. The molecule has 0 heterocycles. The Kier molecular flexibility index (Phi) is 6.38. The Balaban J connectivity index is 2.72. The van der Waals surface area contributed by atoms with E-state index in [9.17, 15) is 14.9 Å². The number of thioether (sulfide) groups is 1. The first kappa shape index (κ1) is 17.2. The summed E-state index contributed by atoms with van der Waals surface area (Å²) in [6, 6.07) is 3.99. The van der Waals surface area contributed by atoms with E-state index < -0.39 is 4.92 Å². The lowest BCUT2D eigenvalue weighted by molar-refractivity contribution is -0.384. The highest BCUT2D eigenvalue weighted by Gasteiger charge is 2.14. The van der Waals surface area contributed by atoms with Gasteiger partial charge in [-0.2, -0.15) is 0 Å². The number of anilines is 1. The number of thiocarbonyl (C=S) groups is 1. The van der Waals surface area contributed by atoms with E-state index >= 15 is 0 Å². The molecule has 1 amide bonds. The van der Waals surface area contributed by atoms with Crippen molar-refractivity contribution in [2.45, 2.75) is 0 Å².